The number of hydrogen-bond acceptors (Lipinski definition) is 5. The van der Waals surface area contributed by atoms with Gasteiger partial charge in [-0.1, -0.05) is 42.5 Å². The van der Waals surface area contributed by atoms with Gasteiger partial charge in [-0.15, -0.1) is 0 Å². The van der Waals surface area contributed by atoms with E-state index in [9.17, 15) is 14.4 Å². The predicted octanol–water partition coefficient (Wildman–Crippen LogP) is 3.42. The first-order chi connectivity index (χ1) is 19.0. The van der Waals surface area contributed by atoms with Crippen LogP contribution < -0.4 is 10.6 Å². The number of likely N-dealkylation sites (tertiary alicyclic amines) is 1. The van der Waals surface area contributed by atoms with Crippen LogP contribution in [0.25, 0.3) is 5.69 Å². The van der Waals surface area contributed by atoms with E-state index in [-0.39, 0.29) is 36.3 Å². The molecule has 9 nitrogen and oxygen atoms in total. The van der Waals surface area contributed by atoms with Gasteiger partial charge in [0.05, 0.1) is 18.3 Å². The van der Waals surface area contributed by atoms with E-state index in [1.165, 1.54) is 4.90 Å². The third-order valence-electron chi connectivity index (χ3n) is 8.20. The Bertz CT molecular complexity index is 1310. The van der Waals surface area contributed by atoms with Crippen molar-refractivity contribution in [3.8, 4) is 5.69 Å². The van der Waals surface area contributed by atoms with Crippen molar-refractivity contribution in [2.24, 2.45) is 5.92 Å². The zero-order valence-corrected chi connectivity index (χ0v) is 22.0. The second-order valence-corrected chi connectivity index (χ2v) is 10.9. The number of carbonyl (C=O) groups excluding carboxylic acids is 3. The van der Waals surface area contributed by atoms with Gasteiger partial charge in [0.25, 0.3) is 5.91 Å². The Morgan fingerprint density at radius 2 is 1.77 bits per heavy atom. The highest BCUT2D eigenvalue weighted by molar-refractivity contribution is 6.07. The van der Waals surface area contributed by atoms with Crippen molar-refractivity contribution in [2.75, 3.05) is 19.6 Å². The molecular weight excluding hydrogens is 492 g/mol. The van der Waals surface area contributed by atoms with Crippen LogP contribution in [0.1, 0.15) is 49.3 Å². The minimum atomic E-state index is -0.832. The fourth-order valence-electron chi connectivity index (χ4n) is 5.63. The van der Waals surface area contributed by atoms with Crippen molar-refractivity contribution in [1.82, 2.24) is 30.2 Å². The SMILES string of the molecule is O=C(N[C@@H](CCN1CCC2(CC1)NC(=O)N(Cc1ccc(-n3cccn3)cc1)C2=O)c1ccccc1)C1CC1. The number of nitrogens with one attached hydrogen (secondary N) is 2. The summed E-state index contributed by atoms with van der Waals surface area (Å²) in [6, 6.07) is 19.4. The van der Waals surface area contributed by atoms with Gasteiger partial charge in [0.15, 0.2) is 0 Å². The maximum absolute atomic E-state index is 13.5. The van der Waals surface area contributed by atoms with Gasteiger partial charge in [-0.25, -0.2) is 9.48 Å². The van der Waals surface area contributed by atoms with E-state index >= 15 is 0 Å². The zero-order chi connectivity index (χ0) is 26.8. The van der Waals surface area contributed by atoms with Gasteiger partial charge < -0.3 is 15.5 Å². The van der Waals surface area contributed by atoms with E-state index in [1.54, 1.807) is 10.9 Å². The number of amides is 4. The van der Waals surface area contributed by atoms with E-state index in [1.807, 2.05) is 54.7 Å². The predicted molar refractivity (Wildman–Crippen MR) is 146 cm³/mol. The summed E-state index contributed by atoms with van der Waals surface area (Å²) in [5.74, 6) is 0.180. The van der Waals surface area contributed by atoms with Gasteiger partial charge in [0, 0.05) is 37.9 Å². The van der Waals surface area contributed by atoms with E-state index in [0.717, 1.165) is 55.7 Å². The number of imide groups is 1. The number of piperidine rings is 1. The molecule has 4 amide bonds. The summed E-state index contributed by atoms with van der Waals surface area (Å²) in [6.07, 6.45) is 7.52. The molecule has 2 aliphatic heterocycles. The number of urea groups is 1. The van der Waals surface area contributed by atoms with Gasteiger partial charge in [0.1, 0.15) is 5.54 Å². The maximum atomic E-state index is 13.5. The van der Waals surface area contributed by atoms with Crippen molar-refractivity contribution in [3.05, 3.63) is 84.2 Å². The third-order valence-corrected chi connectivity index (χ3v) is 8.20. The quantitative estimate of drug-likeness (QED) is 0.417. The molecule has 3 aromatic rings. The fraction of sp³-hybridized carbons (Fsp3) is 0.400. The topological polar surface area (TPSA) is 99.6 Å². The minimum Gasteiger partial charge on any atom is -0.349 e. The van der Waals surface area contributed by atoms with Crippen molar-refractivity contribution >= 4 is 17.8 Å². The van der Waals surface area contributed by atoms with E-state index in [2.05, 4.69) is 32.8 Å². The molecule has 3 heterocycles. The van der Waals surface area contributed by atoms with Gasteiger partial charge in [0.2, 0.25) is 5.91 Å². The number of rotatable bonds is 9. The van der Waals surface area contributed by atoms with Crippen LogP contribution in [0.15, 0.2) is 73.1 Å². The third kappa shape index (κ3) is 5.45. The Morgan fingerprint density at radius 3 is 2.44 bits per heavy atom. The Hall–Kier alpha value is -3.98. The number of hydrogen-bond donors (Lipinski definition) is 2. The molecule has 1 saturated carbocycles. The molecule has 3 aliphatic rings. The number of nitrogens with zero attached hydrogens (tertiary/aromatic N) is 4. The van der Waals surface area contributed by atoms with Crippen LogP contribution in [0.4, 0.5) is 4.79 Å². The lowest BCUT2D eigenvalue weighted by Crippen LogP contribution is -2.55. The number of carbonyl (C=O) groups is 3. The van der Waals surface area contributed by atoms with E-state index in [4.69, 9.17) is 0 Å². The molecule has 202 valence electrons. The molecule has 1 spiro atoms. The Morgan fingerprint density at radius 1 is 1.03 bits per heavy atom. The average Bonchev–Trinajstić information content (AvgIpc) is 3.63. The molecule has 2 N–H and O–H groups in total. The lowest BCUT2D eigenvalue weighted by molar-refractivity contribution is -0.133. The molecule has 39 heavy (non-hydrogen) atoms. The first-order valence-corrected chi connectivity index (χ1v) is 13.8. The fourth-order valence-corrected chi connectivity index (χ4v) is 5.63. The van der Waals surface area contributed by atoms with Gasteiger partial charge in [-0.05, 0) is 61.4 Å². The van der Waals surface area contributed by atoms with E-state index < -0.39 is 5.54 Å². The molecule has 2 aromatic carbocycles. The lowest BCUT2D eigenvalue weighted by Gasteiger charge is -2.37. The highest BCUT2D eigenvalue weighted by Gasteiger charge is 2.52. The molecular formula is C30H34N6O3. The Balaban J connectivity index is 1.04. The largest absolute Gasteiger partial charge is 0.349 e. The Kier molecular flexibility index (Phi) is 6.91. The zero-order valence-electron chi connectivity index (χ0n) is 22.0. The smallest absolute Gasteiger partial charge is 0.325 e. The van der Waals surface area contributed by atoms with Crippen LogP contribution in [0.5, 0.6) is 0 Å². The van der Waals surface area contributed by atoms with E-state index in [0.29, 0.717) is 12.8 Å². The summed E-state index contributed by atoms with van der Waals surface area (Å²) in [7, 11) is 0. The second-order valence-electron chi connectivity index (χ2n) is 10.9. The number of aromatic nitrogens is 2. The molecule has 3 fully saturated rings. The van der Waals surface area contributed by atoms with Gasteiger partial charge in [-0.2, -0.15) is 5.10 Å². The van der Waals surface area contributed by atoms with Crippen LogP contribution in [0, 0.1) is 5.92 Å². The molecule has 0 unspecified atom stereocenters. The molecule has 1 aliphatic carbocycles. The van der Waals surface area contributed by atoms with Crippen LogP contribution in [0.2, 0.25) is 0 Å². The summed E-state index contributed by atoms with van der Waals surface area (Å²) >= 11 is 0. The van der Waals surface area contributed by atoms with Crippen LogP contribution >= 0.6 is 0 Å². The first-order valence-electron chi connectivity index (χ1n) is 13.8. The molecule has 0 radical (unpaired) electrons. The van der Waals surface area contributed by atoms with Crippen LogP contribution in [-0.2, 0) is 16.1 Å². The number of benzene rings is 2. The normalized spacial score (nSPS) is 19.7. The van der Waals surface area contributed by atoms with Crippen LogP contribution in [0.3, 0.4) is 0 Å². The maximum Gasteiger partial charge on any atom is 0.325 e. The summed E-state index contributed by atoms with van der Waals surface area (Å²) in [5.41, 5.74) is 2.10. The van der Waals surface area contributed by atoms with Crippen molar-refractivity contribution in [2.45, 2.75) is 50.2 Å². The summed E-state index contributed by atoms with van der Waals surface area (Å²) in [4.78, 5) is 42.5. The second kappa shape index (κ2) is 10.6. The monoisotopic (exact) mass is 526 g/mol. The highest BCUT2D eigenvalue weighted by atomic mass is 16.2. The van der Waals surface area contributed by atoms with Crippen molar-refractivity contribution in [3.63, 3.8) is 0 Å². The standard InChI is InChI=1S/C30H34N6O3/c37-27(24-9-10-24)32-26(23-5-2-1-3-6-23)13-18-34-19-14-30(15-20-34)28(38)35(29(39)33-30)21-22-7-11-25(12-8-22)36-17-4-16-31-36/h1-8,11-12,16-17,24,26H,9-10,13-15,18-21H2,(H,32,37)(H,33,39)/t26-/m0/s1. The Labute approximate surface area is 228 Å². The molecule has 1 atom stereocenters. The summed E-state index contributed by atoms with van der Waals surface area (Å²) in [6.45, 7) is 2.50. The molecule has 6 rings (SSSR count). The van der Waals surface area contributed by atoms with Crippen LogP contribution in [-0.4, -0.2) is 62.6 Å². The van der Waals surface area contributed by atoms with Crippen molar-refractivity contribution < 1.29 is 14.4 Å². The highest BCUT2D eigenvalue weighted by Crippen LogP contribution is 2.32. The molecule has 0 bridgehead atoms. The summed E-state index contributed by atoms with van der Waals surface area (Å²) < 4.78 is 1.77. The minimum absolute atomic E-state index is 0.0295. The molecule has 1 aromatic heterocycles. The first kappa shape index (κ1) is 25.3. The summed E-state index contributed by atoms with van der Waals surface area (Å²) in [5, 5.41) is 10.5. The van der Waals surface area contributed by atoms with Gasteiger partial charge in [-0.3, -0.25) is 14.5 Å². The van der Waals surface area contributed by atoms with Crippen molar-refractivity contribution in [1.29, 1.82) is 0 Å². The molecule has 9 heteroatoms. The van der Waals surface area contributed by atoms with Gasteiger partial charge >= 0.3 is 6.03 Å². The lowest BCUT2D eigenvalue weighted by atomic mass is 9.87. The average molecular weight is 527 g/mol. The molecule has 2 saturated heterocycles.